The summed E-state index contributed by atoms with van der Waals surface area (Å²) in [6.45, 7) is 9.24. The first-order valence-corrected chi connectivity index (χ1v) is 7.37. The van der Waals surface area contributed by atoms with E-state index >= 15 is 0 Å². The highest BCUT2D eigenvalue weighted by molar-refractivity contribution is 5.86. The van der Waals surface area contributed by atoms with E-state index in [0.29, 0.717) is 5.92 Å². The molecule has 1 fully saturated rings. The van der Waals surface area contributed by atoms with Gasteiger partial charge in [-0.3, -0.25) is 4.79 Å². The second-order valence-corrected chi connectivity index (χ2v) is 6.86. The second kappa shape index (κ2) is 6.05. The average Bonchev–Trinajstić information content (AvgIpc) is 3.10. The van der Waals surface area contributed by atoms with Crippen LogP contribution in [0.15, 0.2) is 0 Å². The summed E-state index contributed by atoms with van der Waals surface area (Å²) in [7, 11) is 0. The van der Waals surface area contributed by atoms with E-state index in [9.17, 15) is 4.79 Å². The molecule has 3 nitrogen and oxygen atoms in total. The summed E-state index contributed by atoms with van der Waals surface area (Å²) in [4.78, 5) is 12.1. The maximum Gasteiger partial charge on any atom is 0.240 e. The minimum atomic E-state index is -0.667. The number of hydrogen-bond acceptors (Lipinski definition) is 2. The molecule has 0 heterocycles. The van der Waals surface area contributed by atoms with Crippen molar-refractivity contribution in [2.24, 2.45) is 17.1 Å². The number of carbonyl (C=O) groups excluding carboxylic acids is 1. The topological polar surface area (TPSA) is 55.1 Å². The van der Waals surface area contributed by atoms with Crippen molar-refractivity contribution in [2.75, 3.05) is 6.54 Å². The number of hydrogen-bond donors (Lipinski definition) is 2. The first kappa shape index (κ1) is 15.5. The van der Waals surface area contributed by atoms with Crippen molar-refractivity contribution in [1.29, 1.82) is 0 Å². The molecular formula is C15H30N2O. The third kappa shape index (κ3) is 4.60. The minimum Gasteiger partial charge on any atom is -0.354 e. The highest BCUT2D eigenvalue weighted by Gasteiger charge is 2.44. The predicted molar refractivity (Wildman–Crippen MR) is 76.2 cm³/mol. The Morgan fingerprint density at radius 3 is 2.39 bits per heavy atom. The fraction of sp³-hybridized carbons (Fsp3) is 0.933. The van der Waals surface area contributed by atoms with Gasteiger partial charge in [-0.05, 0) is 37.5 Å². The summed E-state index contributed by atoms with van der Waals surface area (Å²) in [5.41, 5.74) is 5.61. The third-order valence-corrected chi connectivity index (χ3v) is 4.10. The van der Waals surface area contributed by atoms with E-state index in [1.165, 1.54) is 19.3 Å². The molecule has 0 aromatic heterocycles. The van der Waals surface area contributed by atoms with E-state index in [1.807, 2.05) is 6.92 Å². The smallest absolute Gasteiger partial charge is 0.240 e. The van der Waals surface area contributed by atoms with Crippen molar-refractivity contribution >= 4 is 5.91 Å². The zero-order chi connectivity index (χ0) is 13.8. The van der Waals surface area contributed by atoms with Crippen LogP contribution in [-0.2, 0) is 4.79 Å². The molecule has 0 aliphatic heterocycles. The number of unbranched alkanes of at least 4 members (excludes halogenated alkanes) is 2. The SMILES string of the molecule is CCCCCC(C)(C)CNC(=O)C(C)(N)C1CC1. The highest BCUT2D eigenvalue weighted by atomic mass is 16.2. The van der Waals surface area contributed by atoms with Gasteiger partial charge in [0.25, 0.3) is 0 Å². The van der Waals surface area contributed by atoms with Gasteiger partial charge in [0.2, 0.25) is 5.91 Å². The Balaban J connectivity index is 2.32. The second-order valence-electron chi connectivity index (χ2n) is 6.86. The van der Waals surface area contributed by atoms with Crippen LogP contribution >= 0.6 is 0 Å². The van der Waals surface area contributed by atoms with E-state index in [2.05, 4.69) is 26.1 Å². The van der Waals surface area contributed by atoms with E-state index in [4.69, 9.17) is 5.73 Å². The molecule has 1 aliphatic rings. The van der Waals surface area contributed by atoms with E-state index in [1.54, 1.807) is 0 Å². The molecule has 1 unspecified atom stereocenters. The molecule has 1 rings (SSSR count). The molecule has 106 valence electrons. The molecule has 3 N–H and O–H groups in total. The van der Waals surface area contributed by atoms with Gasteiger partial charge >= 0.3 is 0 Å². The van der Waals surface area contributed by atoms with Crippen molar-refractivity contribution in [3.8, 4) is 0 Å². The van der Waals surface area contributed by atoms with Gasteiger partial charge in [-0.25, -0.2) is 0 Å². The molecule has 1 amide bonds. The highest BCUT2D eigenvalue weighted by Crippen LogP contribution is 2.38. The molecule has 1 aliphatic carbocycles. The van der Waals surface area contributed by atoms with Crippen LogP contribution < -0.4 is 11.1 Å². The van der Waals surface area contributed by atoms with Gasteiger partial charge in [0, 0.05) is 6.54 Å². The lowest BCUT2D eigenvalue weighted by atomic mass is 9.86. The van der Waals surface area contributed by atoms with Gasteiger partial charge in [0.05, 0.1) is 5.54 Å². The average molecular weight is 254 g/mol. The van der Waals surface area contributed by atoms with Crippen LogP contribution in [0.1, 0.15) is 66.2 Å². The van der Waals surface area contributed by atoms with Gasteiger partial charge in [-0.2, -0.15) is 0 Å². The van der Waals surface area contributed by atoms with Crippen LogP contribution in [0.25, 0.3) is 0 Å². The van der Waals surface area contributed by atoms with Crippen molar-refractivity contribution in [3.05, 3.63) is 0 Å². The van der Waals surface area contributed by atoms with Crippen molar-refractivity contribution in [3.63, 3.8) is 0 Å². The predicted octanol–water partition coefficient (Wildman–Crippen LogP) is 2.84. The van der Waals surface area contributed by atoms with Crippen LogP contribution in [0.2, 0.25) is 0 Å². The lowest BCUT2D eigenvalue weighted by Gasteiger charge is -2.29. The molecule has 0 bridgehead atoms. The summed E-state index contributed by atoms with van der Waals surface area (Å²) >= 11 is 0. The summed E-state index contributed by atoms with van der Waals surface area (Å²) in [5, 5.41) is 3.05. The summed E-state index contributed by atoms with van der Waals surface area (Å²) in [6.07, 6.45) is 7.10. The Morgan fingerprint density at radius 2 is 1.89 bits per heavy atom. The Morgan fingerprint density at radius 1 is 1.28 bits per heavy atom. The van der Waals surface area contributed by atoms with Crippen molar-refractivity contribution < 1.29 is 4.79 Å². The van der Waals surface area contributed by atoms with Crippen LogP contribution in [0, 0.1) is 11.3 Å². The molecular weight excluding hydrogens is 224 g/mol. The van der Waals surface area contributed by atoms with Crippen LogP contribution in [-0.4, -0.2) is 18.0 Å². The number of amides is 1. The Bertz CT molecular complexity index is 280. The molecule has 0 saturated heterocycles. The maximum atomic E-state index is 12.1. The zero-order valence-electron chi connectivity index (χ0n) is 12.5. The Hall–Kier alpha value is -0.570. The number of nitrogens with two attached hydrogens (primary N) is 1. The quantitative estimate of drug-likeness (QED) is 0.654. The molecule has 1 saturated carbocycles. The molecule has 0 radical (unpaired) electrons. The molecule has 1 atom stereocenters. The normalized spacial score (nSPS) is 19.4. The maximum absolute atomic E-state index is 12.1. The fourth-order valence-electron chi connectivity index (χ4n) is 2.32. The third-order valence-electron chi connectivity index (χ3n) is 4.10. The van der Waals surface area contributed by atoms with E-state index < -0.39 is 5.54 Å². The summed E-state index contributed by atoms with van der Waals surface area (Å²) in [5.74, 6) is 0.411. The standard InChI is InChI=1S/C15H30N2O/c1-5-6-7-10-14(2,3)11-17-13(18)15(4,16)12-8-9-12/h12H,5-11,16H2,1-4H3,(H,17,18). The van der Waals surface area contributed by atoms with Crippen molar-refractivity contribution in [1.82, 2.24) is 5.32 Å². The molecule has 0 aromatic carbocycles. The van der Waals surface area contributed by atoms with Crippen LogP contribution in [0.3, 0.4) is 0 Å². The first-order valence-electron chi connectivity index (χ1n) is 7.37. The Labute approximate surface area is 112 Å². The number of nitrogens with one attached hydrogen (secondary N) is 1. The van der Waals surface area contributed by atoms with Gasteiger partial charge in [0.1, 0.15) is 0 Å². The number of carbonyl (C=O) groups is 1. The zero-order valence-corrected chi connectivity index (χ0v) is 12.5. The van der Waals surface area contributed by atoms with Crippen LogP contribution in [0.4, 0.5) is 0 Å². The van der Waals surface area contributed by atoms with Gasteiger partial charge in [0.15, 0.2) is 0 Å². The summed E-state index contributed by atoms with van der Waals surface area (Å²) < 4.78 is 0. The van der Waals surface area contributed by atoms with Gasteiger partial charge in [-0.15, -0.1) is 0 Å². The Kier molecular flexibility index (Phi) is 5.20. The largest absolute Gasteiger partial charge is 0.354 e. The molecule has 18 heavy (non-hydrogen) atoms. The lowest BCUT2D eigenvalue weighted by Crippen LogP contribution is -2.54. The minimum absolute atomic E-state index is 0.0218. The molecule has 3 heteroatoms. The van der Waals surface area contributed by atoms with Crippen LogP contribution in [0.5, 0.6) is 0 Å². The molecule has 0 spiro atoms. The van der Waals surface area contributed by atoms with Gasteiger partial charge in [-0.1, -0.05) is 40.0 Å². The first-order chi connectivity index (χ1) is 8.29. The fourth-order valence-corrected chi connectivity index (χ4v) is 2.32. The van der Waals surface area contributed by atoms with E-state index in [0.717, 1.165) is 25.8 Å². The monoisotopic (exact) mass is 254 g/mol. The lowest BCUT2D eigenvalue weighted by molar-refractivity contribution is -0.127. The van der Waals surface area contributed by atoms with Gasteiger partial charge < -0.3 is 11.1 Å². The van der Waals surface area contributed by atoms with Crippen molar-refractivity contribution in [2.45, 2.75) is 71.8 Å². The molecule has 0 aromatic rings. The summed E-state index contributed by atoms with van der Waals surface area (Å²) in [6, 6.07) is 0. The van der Waals surface area contributed by atoms with E-state index in [-0.39, 0.29) is 11.3 Å². The number of rotatable bonds is 8.